The average Bonchev–Trinajstić information content (AvgIpc) is 2.55. The molecule has 0 aliphatic heterocycles. The highest BCUT2D eigenvalue weighted by atomic mass is 16.3. The lowest BCUT2D eigenvalue weighted by Gasteiger charge is -2.11. The van der Waals surface area contributed by atoms with Crippen LogP contribution in [0.2, 0.25) is 0 Å². The fourth-order valence-electron chi connectivity index (χ4n) is 2.75. The Morgan fingerprint density at radius 1 is 1.04 bits per heavy atom. The van der Waals surface area contributed by atoms with E-state index in [-0.39, 0.29) is 23.0 Å². The van der Waals surface area contributed by atoms with Gasteiger partial charge in [0.1, 0.15) is 0 Å². The molecule has 0 fully saturated rings. The van der Waals surface area contributed by atoms with E-state index in [2.05, 4.69) is 12.2 Å². The number of amides is 1. The molecule has 23 heavy (non-hydrogen) atoms. The highest BCUT2D eigenvalue weighted by molar-refractivity contribution is 6.10. The van der Waals surface area contributed by atoms with Crippen LogP contribution in [0.4, 0.5) is 0 Å². The molecule has 0 unspecified atom stereocenters. The number of nitrogens with one attached hydrogen (secondary N) is 1. The van der Waals surface area contributed by atoms with E-state index in [4.69, 9.17) is 0 Å². The second-order valence-electron chi connectivity index (χ2n) is 5.86. The fraction of sp³-hybridized carbons (Fsp3) is 0.421. The first-order valence-corrected chi connectivity index (χ1v) is 8.37. The number of phenolic OH excluding ortho intramolecular Hbond substituents is 2. The van der Waals surface area contributed by atoms with Gasteiger partial charge in [-0.05, 0) is 23.3 Å². The molecule has 4 nitrogen and oxygen atoms in total. The third kappa shape index (κ3) is 4.38. The predicted molar refractivity (Wildman–Crippen MR) is 93.0 cm³/mol. The van der Waals surface area contributed by atoms with Crippen LogP contribution in [-0.4, -0.2) is 22.7 Å². The summed E-state index contributed by atoms with van der Waals surface area (Å²) in [5, 5.41) is 24.1. The molecule has 0 saturated heterocycles. The molecule has 0 aliphatic rings. The zero-order valence-electron chi connectivity index (χ0n) is 13.6. The Labute approximate surface area is 137 Å². The topological polar surface area (TPSA) is 69.6 Å². The third-order valence-electron chi connectivity index (χ3n) is 4.04. The van der Waals surface area contributed by atoms with Crippen LogP contribution in [0.1, 0.15) is 55.8 Å². The monoisotopic (exact) mass is 315 g/mol. The summed E-state index contributed by atoms with van der Waals surface area (Å²) in [7, 11) is 0. The number of rotatable bonds is 8. The fourth-order valence-corrected chi connectivity index (χ4v) is 2.75. The summed E-state index contributed by atoms with van der Waals surface area (Å²) >= 11 is 0. The molecular formula is C19H25NO3. The zero-order chi connectivity index (χ0) is 16.7. The van der Waals surface area contributed by atoms with Gasteiger partial charge in [-0.15, -0.1) is 0 Å². The number of fused-ring (bicyclic) bond motifs is 1. The minimum absolute atomic E-state index is 0.145. The summed E-state index contributed by atoms with van der Waals surface area (Å²) in [6.07, 6.45) is 6.92. The Kier molecular flexibility index (Phi) is 6.27. The van der Waals surface area contributed by atoms with Crippen LogP contribution in [0.5, 0.6) is 11.5 Å². The molecule has 1 amide bonds. The molecule has 3 N–H and O–H groups in total. The molecule has 0 spiro atoms. The van der Waals surface area contributed by atoms with Crippen LogP contribution in [-0.2, 0) is 0 Å². The van der Waals surface area contributed by atoms with Crippen molar-refractivity contribution in [2.75, 3.05) is 6.54 Å². The van der Waals surface area contributed by atoms with Crippen LogP contribution in [0.25, 0.3) is 10.8 Å². The summed E-state index contributed by atoms with van der Waals surface area (Å²) in [6, 6.07) is 8.68. The molecule has 0 atom stereocenters. The van der Waals surface area contributed by atoms with Crippen molar-refractivity contribution in [1.82, 2.24) is 5.32 Å². The van der Waals surface area contributed by atoms with Crippen molar-refractivity contribution < 1.29 is 15.0 Å². The molecule has 124 valence electrons. The quantitative estimate of drug-likeness (QED) is 0.501. The highest BCUT2D eigenvalue weighted by Gasteiger charge is 2.18. The summed E-state index contributed by atoms with van der Waals surface area (Å²) in [6.45, 7) is 2.76. The first-order chi connectivity index (χ1) is 11.1. The van der Waals surface area contributed by atoms with E-state index in [9.17, 15) is 15.0 Å². The van der Waals surface area contributed by atoms with Crippen LogP contribution in [0.3, 0.4) is 0 Å². The lowest BCUT2D eigenvalue weighted by atomic mass is 10.0. The number of hydrogen-bond donors (Lipinski definition) is 3. The summed E-state index contributed by atoms with van der Waals surface area (Å²) in [5.41, 5.74) is 0.145. The zero-order valence-corrected chi connectivity index (χ0v) is 13.6. The van der Waals surface area contributed by atoms with E-state index in [1.165, 1.54) is 31.7 Å². The van der Waals surface area contributed by atoms with Crippen molar-refractivity contribution in [2.24, 2.45) is 0 Å². The Bertz CT molecular complexity index is 667. The third-order valence-corrected chi connectivity index (χ3v) is 4.04. The lowest BCUT2D eigenvalue weighted by molar-refractivity contribution is 0.0951. The van der Waals surface area contributed by atoms with E-state index in [0.29, 0.717) is 11.9 Å². The van der Waals surface area contributed by atoms with E-state index < -0.39 is 0 Å². The Balaban J connectivity index is 1.99. The average molecular weight is 315 g/mol. The smallest absolute Gasteiger partial charge is 0.255 e. The Morgan fingerprint density at radius 2 is 1.74 bits per heavy atom. The first-order valence-electron chi connectivity index (χ1n) is 8.37. The maximum absolute atomic E-state index is 12.4. The molecule has 2 rings (SSSR count). The SMILES string of the molecule is CCCCCCCCNC(=O)c1c(O)c(O)cc2ccccc12. The van der Waals surface area contributed by atoms with E-state index in [1.807, 2.05) is 12.1 Å². The maximum atomic E-state index is 12.4. The van der Waals surface area contributed by atoms with Crippen molar-refractivity contribution in [3.63, 3.8) is 0 Å². The van der Waals surface area contributed by atoms with Gasteiger partial charge in [-0.25, -0.2) is 0 Å². The number of carbonyl (C=O) groups excluding carboxylic acids is 1. The number of benzene rings is 2. The molecule has 0 radical (unpaired) electrons. The minimum atomic E-state index is -0.357. The predicted octanol–water partition coefficient (Wildman–Crippen LogP) is 4.34. The lowest BCUT2D eigenvalue weighted by Crippen LogP contribution is -2.24. The summed E-state index contributed by atoms with van der Waals surface area (Å²) in [4.78, 5) is 12.4. The van der Waals surface area contributed by atoms with Crippen molar-refractivity contribution >= 4 is 16.7 Å². The largest absolute Gasteiger partial charge is 0.504 e. The molecule has 0 bridgehead atoms. The number of phenols is 2. The normalized spacial score (nSPS) is 10.8. The van der Waals surface area contributed by atoms with Gasteiger partial charge >= 0.3 is 0 Å². The maximum Gasteiger partial charge on any atom is 0.255 e. The Hall–Kier alpha value is -2.23. The van der Waals surface area contributed by atoms with E-state index in [1.54, 1.807) is 12.1 Å². The van der Waals surface area contributed by atoms with Gasteiger partial charge < -0.3 is 15.5 Å². The molecule has 2 aromatic carbocycles. The van der Waals surface area contributed by atoms with Gasteiger partial charge in [0.15, 0.2) is 11.5 Å². The summed E-state index contributed by atoms with van der Waals surface area (Å²) < 4.78 is 0. The van der Waals surface area contributed by atoms with Crippen molar-refractivity contribution in [3.8, 4) is 11.5 Å². The van der Waals surface area contributed by atoms with E-state index in [0.717, 1.165) is 18.2 Å². The number of hydrogen-bond acceptors (Lipinski definition) is 3. The Morgan fingerprint density at radius 3 is 2.52 bits per heavy atom. The van der Waals surface area contributed by atoms with Crippen LogP contribution >= 0.6 is 0 Å². The van der Waals surface area contributed by atoms with Gasteiger partial charge in [-0.2, -0.15) is 0 Å². The van der Waals surface area contributed by atoms with Crippen LogP contribution < -0.4 is 5.32 Å². The number of aromatic hydroxyl groups is 2. The standard InChI is InChI=1S/C19H25NO3/c1-2-3-4-5-6-9-12-20-19(23)17-15-11-8-7-10-14(15)13-16(21)18(17)22/h7-8,10-11,13,21-22H,2-6,9,12H2,1H3,(H,20,23). The summed E-state index contributed by atoms with van der Waals surface area (Å²) in [5.74, 6) is -0.972. The number of carbonyl (C=O) groups is 1. The first kappa shape index (κ1) is 17.1. The van der Waals surface area contributed by atoms with Gasteiger partial charge in [0.2, 0.25) is 0 Å². The van der Waals surface area contributed by atoms with Crippen molar-refractivity contribution in [1.29, 1.82) is 0 Å². The molecule has 0 aliphatic carbocycles. The van der Waals surface area contributed by atoms with Crippen molar-refractivity contribution in [2.45, 2.75) is 45.4 Å². The van der Waals surface area contributed by atoms with Gasteiger partial charge in [-0.3, -0.25) is 4.79 Å². The molecule has 0 aromatic heterocycles. The number of unbranched alkanes of at least 4 members (excludes halogenated alkanes) is 5. The second kappa shape index (κ2) is 8.42. The highest BCUT2D eigenvalue weighted by Crippen LogP contribution is 2.35. The van der Waals surface area contributed by atoms with Crippen molar-refractivity contribution in [3.05, 3.63) is 35.9 Å². The van der Waals surface area contributed by atoms with Gasteiger partial charge in [0.25, 0.3) is 5.91 Å². The van der Waals surface area contributed by atoms with Gasteiger partial charge in [-0.1, -0.05) is 63.3 Å². The molecule has 4 heteroatoms. The van der Waals surface area contributed by atoms with Crippen LogP contribution in [0.15, 0.2) is 30.3 Å². The van der Waals surface area contributed by atoms with Crippen LogP contribution in [0, 0.1) is 0 Å². The second-order valence-corrected chi connectivity index (χ2v) is 5.86. The molecule has 2 aromatic rings. The minimum Gasteiger partial charge on any atom is -0.504 e. The van der Waals surface area contributed by atoms with Gasteiger partial charge in [0.05, 0.1) is 5.56 Å². The van der Waals surface area contributed by atoms with Gasteiger partial charge in [0, 0.05) is 6.54 Å². The molecule has 0 heterocycles. The molecule has 0 saturated carbocycles. The molecular weight excluding hydrogens is 290 g/mol. The van der Waals surface area contributed by atoms with E-state index >= 15 is 0 Å².